The average molecular weight is 392 g/mol. The molecule has 1 fully saturated rings. The van der Waals surface area contributed by atoms with Crippen LogP contribution in [0.25, 0.3) is 0 Å². The summed E-state index contributed by atoms with van der Waals surface area (Å²) in [7, 11) is -3.42. The molecule has 0 N–H and O–H groups in total. The minimum Gasteiger partial charge on any atom is -0.484 e. The van der Waals surface area contributed by atoms with Gasteiger partial charge >= 0.3 is 0 Å². The van der Waals surface area contributed by atoms with Crippen molar-refractivity contribution in [3.63, 3.8) is 0 Å². The van der Waals surface area contributed by atoms with E-state index in [1.165, 1.54) is 22.5 Å². The highest BCUT2D eigenvalue weighted by Crippen LogP contribution is 2.15. The van der Waals surface area contributed by atoms with Crippen molar-refractivity contribution in [2.75, 3.05) is 32.8 Å². The second-order valence-electron chi connectivity index (χ2n) is 6.27. The highest BCUT2D eigenvalue weighted by Gasteiger charge is 2.29. The van der Waals surface area contributed by atoms with Crippen molar-refractivity contribution in [2.24, 2.45) is 0 Å². The molecular weight excluding hydrogens is 371 g/mol. The molecule has 2 aromatic carbocycles. The zero-order valence-electron chi connectivity index (χ0n) is 14.8. The number of hydrogen-bond donors (Lipinski definition) is 0. The molecule has 1 aliphatic rings. The fourth-order valence-corrected chi connectivity index (χ4v) is 4.40. The molecule has 0 bridgehead atoms. The standard InChI is InChI=1S/C19H21FN2O4S/c20-17-7-4-8-18(13-17)26-14-19(23)21-9-11-22(12-10-21)27(24,25)15-16-5-2-1-3-6-16/h1-8,13H,9-12,14-15H2. The van der Waals surface area contributed by atoms with Gasteiger partial charge in [0.2, 0.25) is 10.0 Å². The number of nitrogens with zero attached hydrogens (tertiary/aromatic N) is 2. The van der Waals surface area contributed by atoms with Gasteiger partial charge < -0.3 is 9.64 Å². The molecule has 1 aliphatic heterocycles. The lowest BCUT2D eigenvalue weighted by Gasteiger charge is -2.34. The Kier molecular flexibility index (Phi) is 6.08. The van der Waals surface area contributed by atoms with Crippen LogP contribution >= 0.6 is 0 Å². The molecule has 0 spiro atoms. The summed E-state index contributed by atoms with van der Waals surface area (Å²) in [5.74, 6) is -0.450. The van der Waals surface area contributed by atoms with Crippen LogP contribution in [0.3, 0.4) is 0 Å². The Balaban J connectivity index is 1.50. The molecule has 144 valence electrons. The normalized spacial score (nSPS) is 15.5. The molecule has 3 rings (SSSR count). The molecule has 1 saturated heterocycles. The van der Waals surface area contributed by atoms with Crippen molar-refractivity contribution in [3.8, 4) is 5.75 Å². The molecule has 0 unspecified atom stereocenters. The number of piperazine rings is 1. The zero-order valence-corrected chi connectivity index (χ0v) is 15.6. The van der Waals surface area contributed by atoms with Gasteiger partial charge in [0.15, 0.2) is 6.61 Å². The average Bonchev–Trinajstić information content (AvgIpc) is 2.67. The summed E-state index contributed by atoms with van der Waals surface area (Å²) in [5.41, 5.74) is 0.736. The van der Waals surface area contributed by atoms with Gasteiger partial charge in [0.25, 0.3) is 5.91 Å². The van der Waals surface area contributed by atoms with Crippen molar-refractivity contribution in [1.82, 2.24) is 9.21 Å². The quantitative estimate of drug-likeness (QED) is 0.753. The lowest BCUT2D eigenvalue weighted by Crippen LogP contribution is -2.51. The summed E-state index contributed by atoms with van der Waals surface area (Å²) in [4.78, 5) is 13.8. The molecule has 0 aromatic heterocycles. The van der Waals surface area contributed by atoms with Gasteiger partial charge in [-0.1, -0.05) is 36.4 Å². The molecule has 1 amide bonds. The second-order valence-corrected chi connectivity index (χ2v) is 8.24. The van der Waals surface area contributed by atoms with E-state index in [1.807, 2.05) is 6.07 Å². The van der Waals surface area contributed by atoms with Gasteiger partial charge in [0, 0.05) is 32.2 Å². The smallest absolute Gasteiger partial charge is 0.260 e. The molecule has 0 radical (unpaired) electrons. The Morgan fingerprint density at radius 2 is 1.70 bits per heavy atom. The third-order valence-electron chi connectivity index (χ3n) is 4.34. The van der Waals surface area contributed by atoms with Crippen LogP contribution in [-0.2, 0) is 20.6 Å². The first kappa shape index (κ1) is 19.3. The van der Waals surface area contributed by atoms with E-state index in [2.05, 4.69) is 0 Å². The minimum absolute atomic E-state index is 0.0511. The van der Waals surface area contributed by atoms with Gasteiger partial charge in [-0.3, -0.25) is 4.79 Å². The highest BCUT2D eigenvalue weighted by atomic mass is 32.2. The lowest BCUT2D eigenvalue weighted by molar-refractivity contribution is -0.134. The summed E-state index contributed by atoms with van der Waals surface area (Å²) in [5, 5.41) is 0. The number of carbonyl (C=O) groups excluding carboxylic acids is 1. The van der Waals surface area contributed by atoms with Crippen molar-refractivity contribution in [3.05, 3.63) is 66.0 Å². The maximum Gasteiger partial charge on any atom is 0.260 e. The number of carbonyl (C=O) groups is 1. The number of sulfonamides is 1. The Morgan fingerprint density at radius 1 is 1.00 bits per heavy atom. The number of ether oxygens (including phenoxy) is 1. The summed E-state index contributed by atoms with van der Waals surface area (Å²) < 4.78 is 44.9. The van der Waals surface area contributed by atoms with E-state index in [-0.39, 0.29) is 37.1 Å². The van der Waals surface area contributed by atoms with Crippen molar-refractivity contribution < 1.29 is 22.3 Å². The van der Waals surface area contributed by atoms with Gasteiger partial charge in [-0.2, -0.15) is 4.31 Å². The Hall–Kier alpha value is -2.45. The van der Waals surface area contributed by atoms with Crippen LogP contribution in [0, 0.1) is 5.82 Å². The van der Waals surface area contributed by atoms with Crippen LogP contribution in [0.5, 0.6) is 5.75 Å². The summed E-state index contributed by atoms with van der Waals surface area (Å²) in [6.07, 6.45) is 0. The van der Waals surface area contributed by atoms with Gasteiger partial charge in [-0.05, 0) is 17.7 Å². The molecule has 6 nitrogen and oxygen atoms in total. The molecular formula is C19H21FN2O4S. The predicted molar refractivity (Wildman–Crippen MR) is 99.1 cm³/mol. The van der Waals surface area contributed by atoms with Gasteiger partial charge in [0.05, 0.1) is 5.75 Å². The number of amides is 1. The van der Waals surface area contributed by atoms with Crippen LogP contribution in [0.4, 0.5) is 4.39 Å². The van der Waals surface area contributed by atoms with Crippen LogP contribution in [0.15, 0.2) is 54.6 Å². The van der Waals surface area contributed by atoms with E-state index >= 15 is 0 Å². The van der Waals surface area contributed by atoms with Crippen molar-refractivity contribution in [1.29, 1.82) is 0 Å². The Morgan fingerprint density at radius 3 is 2.37 bits per heavy atom. The fourth-order valence-electron chi connectivity index (χ4n) is 2.88. The maximum absolute atomic E-state index is 13.1. The predicted octanol–water partition coefficient (Wildman–Crippen LogP) is 1.88. The van der Waals surface area contributed by atoms with E-state index in [0.717, 1.165) is 5.56 Å². The molecule has 27 heavy (non-hydrogen) atoms. The molecule has 0 aliphatic carbocycles. The third kappa shape index (κ3) is 5.27. The first-order valence-electron chi connectivity index (χ1n) is 8.62. The fraction of sp³-hybridized carbons (Fsp3) is 0.316. The van der Waals surface area contributed by atoms with E-state index in [1.54, 1.807) is 35.2 Å². The van der Waals surface area contributed by atoms with E-state index < -0.39 is 15.8 Å². The second kappa shape index (κ2) is 8.49. The first-order chi connectivity index (χ1) is 12.9. The van der Waals surface area contributed by atoms with Gasteiger partial charge in [0.1, 0.15) is 11.6 Å². The van der Waals surface area contributed by atoms with Crippen LogP contribution in [-0.4, -0.2) is 56.3 Å². The lowest BCUT2D eigenvalue weighted by atomic mass is 10.2. The Bertz CT molecular complexity index is 882. The van der Waals surface area contributed by atoms with E-state index in [4.69, 9.17) is 4.74 Å². The van der Waals surface area contributed by atoms with Crippen LogP contribution in [0.2, 0.25) is 0 Å². The SMILES string of the molecule is O=C(COc1cccc(F)c1)N1CCN(S(=O)(=O)Cc2ccccc2)CC1. The van der Waals surface area contributed by atoms with Crippen molar-refractivity contribution in [2.45, 2.75) is 5.75 Å². The third-order valence-corrected chi connectivity index (χ3v) is 6.19. The van der Waals surface area contributed by atoms with E-state index in [0.29, 0.717) is 13.1 Å². The number of halogens is 1. The summed E-state index contributed by atoms with van der Waals surface area (Å²) in [6, 6.07) is 14.6. The monoisotopic (exact) mass is 392 g/mol. The zero-order chi connectivity index (χ0) is 19.3. The molecule has 2 aromatic rings. The van der Waals surface area contributed by atoms with Crippen LogP contribution in [0.1, 0.15) is 5.56 Å². The summed E-state index contributed by atoms with van der Waals surface area (Å²) in [6.45, 7) is 0.903. The number of benzene rings is 2. The molecule has 1 heterocycles. The number of rotatable bonds is 6. The highest BCUT2D eigenvalue weighted by molar-refractivity contribution is 7.88. The maximum atomic E-state index is 13.1. The molecule has 0 saturated carbocycles. The van der Waals surface area contributed by atoms with E-state index in [9.17, 15) is 17.6 Å². The molecule has 0 atom stereocenters. The van der Waals surface area contributed by atoms with Gasteiger partial charge in [-0.25, -0.2) is 12.8 Å². The minimum atomic E-state index is -3.42. The summed E-state index contributed by atoms with van der Waals surface area (Å²) >= 11 is 0. The van der Waals surface area contributed by atoms with Gasteiger partial charge in [-0.15, -0.1) is 0 Å². The Labute approximate surface area is 158 Å². The first-order valence-corrected chi connectivity index (χ1v) is 10.2. The van der Waals surface area contributed by atoms with Crippen molar-refractivity contribution >= 4 is 15.9 Å². The largest absolute Gasteiger partial charge is 0.484 e. The van der Waals surface area contributed by atoms with Crippen LogP contribution < -0.4 is 4.74 Å². The molecule has 8 heteroatoms. The topological polar surface area (TPSA) is 66.9 Å². The number of hydrogen-bond acceptors (Lipinski definition) is 4.